The Morgan fingerprint density at radius 3 is 2.95 bits per heavy atom. The summed E-state index contributed by atoms with van der Waals surface area (Å²) in [4.78, 5) is 16.2. The quantitative estimate of drug-likeness (QED) is 0.724. The molecule has 0 spiro atoms. The summed E-state index contributed by atoms with van der Waals surface area (Å²) in [5, 5.41) is 4.28. The largest absolute Gasteiger partial charge is 0.373 e. The van der Waals surface area contributed by atoms with Crippen molar-refractivity contribution in [2.45, 2.75) is 12.1 Å². The summed E-state index contributed by atoms with van der Waals surface area (Å²) in [5.74, 6) is 0. The van der Waals surface area contributed by atoms with E-state index in [0.717, 1.165) is 26.2 Å². The lowest BCUT2D eigenvalue weighted by Crippen LogP contribution is -2.48. The third-order valence-electron chi connectivity index (χ3n) is 3.98. The second-order valence-electron chi connectivity index (χ2n) is 5.13. The van der Waals surface area contributed by atoms with Crippen LogP contribution in [0.4, 0.5) is 5.69 Å². The van der Waals surface area contributed by atoms with E-state index in [2.05, 4.69) is 21.9 Å². The van der Waals surface area contributed by atoms with Crippen LogP contribution < -0.4 is 10.5 Å². The average Bonchev–Trinajstić information content (AvgIpc) is 2.81. The number of aryl methyl sites for hydroxylation is 1. The van der Waals surface area contributed by atoms with Crippen LogP contribution in [0.2, 0.25) is 5.02 Å². The molecule has 2 saturated heterocycles. The normalized spacial score (nSPS) is 27.6. The van der Waals surface area contributed by atoms with E-state index in [4.69, 9.17) is 16.3 Å². The van der Waals surface area contributed by atoms with Crippen molar-refractivity contribution in [1.82, 2.24) is 14.7 Å². The predicted molar refractivity (Wildman–Crippen MR) is 72.9 cm³/mol. The second kappa shape index (κ2) is 4.77. The number of ether oxygens (including phenoxy) is 1. The minimum atomic E-state index is -0.261. The third kappa shape index (κ3) is 2.13. The molecule has 0 amide bonds. The van der Waals surface area contributed by atoms with Gasteiger partial charge < -0.3 is 9.64 Å². The van der Waals surface area contributed by atoms with Gasteiger partial charge in [0.1, 0.15) is 5.02 Å². The molecular weight excluding hydrogens is 268 g/mol. The van der Waals surface area contributed by atoms with E-state index in [0.29, 0.717) is 11.7 Å². The van der Waals surface area contributed by atoms with Crippen LogP contribution in [0.25, 0.3) is 0 Å². The number of likely N-dealkylation sites (N-methyl/N-ethyl adjacent to an activating group) is 1. The Labute approximate surface area is 116 Å². The molecule has 0 aliphatic carbocycles. The molecule has 19 heavy (non-hydrogen) atoms. The van der Waals surface area contributed by atoms with E-state index in [9.17, 15) is 4.79 Å². The number of aromatic nitrogens is 2. The topological polar surface area (TPSA) is 50.6 Å². The lowest BCUT2D eigenvalue weighted by molar-refractivity contribution is -0.0362. The van der Waals surface area contributed by atoms with Crippen molar-refractivity contribution in [3.63, 3.8) is 0 Å². The molecule has 0 N–H and O–H groups in total. The molecule has 0 radical (unpaired) electrons. The van der Waals surface area contributed by atoms with Crippen molar-refractivity contribution >= 4 is 17.3 Å². The Kier molecular flexibility index (Phi) is 3.24. The highest BCUT2D eigenvalue weighted by molar-refractivity contribution is 6.33. The smallest absolute Gasteiger partial charge is 0.287 e. The van der Waals surface area contributed by atoms with Crippen molar-refractivity contribution in [2.75, 3.05) is 38.2 Å². The number of halogens is 1. The van der Waals surface area contributed by atoms with E-state index >= 15 is 0 Å². The number of morpholine rings is 1. The van der Waals surface area contributed by atoms with Gasteiger partial charge in [0.2, 0.25) is 0 Å². The first-order valence-electron chi connectivity index (χ1n) is 6.36. The Morgan fingerprint density at radius 2 is 2.21 bits per heavy atom. The highest BCUT2D eigenvalue weighted by Gasteiger charge is 2.39. The number of nitrogens with zero attached hydrogens (tertiary/aromatic N) is 4. The van der Waals surface area contributed by atoms with Gasteiger partial charge in [-0.1, -0.05) is 11.6 Å². The minimum absolute atomic E-state index is 0.180. The van der Waals surface area contributed by atoms with Gasteiger partial charge in [0.05, 0.1) is 30.6 Å². The third-order valence-corrected chi connectivity index (χ3v) is 4.33. The molecule has 1 aromatic rings. The van der Waals surface area contributed by atoms with Crippen LogP contribution in [-0.4, -0.2) is 60.1 Å². The summed E-state index contributed by atoms with van der Waals surface area (Å²) in [7, 11) is 3.70. The molecule has 3 rings (SSSR count). The molecule has 0 aromatic carbocycles. The summed E-state index contributed by atoms with van der Waals surface area (Å²) in [6.45, 7) is 3.27. The molecule has 2 aliphatic heterocycles. The molecule has 0 bridgehead atoms. The molecule has 2 unspecified atom stereocenters. The fourth-order valence-electron chi connectivity index (χ4n) is 2.78. The van der Waals surface area contributed by atoms with Crippen molar-refractivity contribution in [2.24, 2.45) is 7.05 Å². The van der Waals surface area contributed by atoms with Crippen molar-refractivity contribution in [3.05, 3.63) is 21.6 Å². The zero-order chi connectivity index (χ0) is 13.6. The van der Waals surface area contributed by atoms with Gasteiger partial charge in [-0.2, -0.15) is 5.10 Å². The molecule has 7 heteroatoms. The van der Waals surface area contributed by atoms with E-state index < -0.39 is 0 Å². The van der Waals surface area contributed by atoms with E-state index in [1.165, 1.54) is 4.68 Å². The van der Waals surface area contributed by atoms with E-state index in [1.807, 2.05) is 0 Å². The van der Waals surface area contributed by atoms with Crippen molar-refractivity contribution in [3.8, 4) is 0 Å². The van der Waals surface area contributed by atoms with Crippen molar-refractivity contribution < 1.29 is 4.74 Å². The standard InChI is InChI=1S/C12H17ClN4O2/c1-15-3-4-19-10-7-17(6-9(10)15)8-5-14-16(2)12(18)11(8)13/h5,9-10H,3-4,6-7H2,1-2H3. The number of anilines is 1. The Bertz CT molecular complexity index is 547. The van der Waals surface area contributed by atoms with Gasteiger partial charge in [-0.15, -0.1) is 0 Å². The van der Waals surface area contributed by atoms with Crippen LogP contribution in [0, 0.1) is 0 Å². The Balaban J connectivity index is 1.89. The van der Waals surface area contributed by atoms with Gasteiger partial charge in [0.25, 0.3) is 5.56 Å². The summed E-state index contributed by atoms with van der Waals surface area (Å²) in [6, 6.07) is 0.355. The Morgan fingerprint density at radius 1 is 1.42 bits per heavy atom. The first-order chi connectivity index (χ1) is 9.08. The maximum Gasteiger partial charge on any atom is 0.287 e. The van der Waals surface area contributed by atoms with Crippen LogP contribution in [0.15, 0.2) is 11.0 Å². The molecule has 1 aromatic heterocycles. The number of rotatable bonds is 1. The van der Waals surface area contributed by atoms with Crippen LogP contribution in [0.1, 0.15) is 0 Å². The zero-order valence-corrected chi connectivity index (χ0v) is 11.8. The average molecular weight is 285 g/mol. The minimum Gasteiger partial charge on any atom is -0.373 e. The molecular formula is C12H17ClN4O2. The lowest BCUT2D eigenvalue weighted by Gasteiger charge is -2.33. The first kappa shape index (κ1) is 12.9. The summed E-state index contributed by atoms with van der Waals surface area (Å²) in [5.41, 5.74) is 0.444. The van der Waals surface area contributed by atoms with E-state index in [1.54, 1.807) is 13.2 Å². The van der Waals surface area contributed by atoms with Gasteiger partial charge in [-0.25, -0.2) is 4.68 Å². The number of hydrogen-bond acceptors (Lipinski definition) is 5. The SMILES string of the molecule is CN1CCOC2CN(c3cnn(C)c(=O)c3Cl)CC21. The lowest BCUT2D eigenvalue weighted by atomic mass is 10.1. The first-order valence-corrected chi connectivity index (χ1v) is 6.74. The second-order valence-corrected chi connectivity index (χ2v) is 5.51. The van der Waals surface area contributed by atoms with Gasteiger partial charge in [0, 0.05) is 26.7 Å². The van der Waals surface area contributed by atoms with Crippen LogP contribution >= 0.6 is 11.6 Å². The molecule has 2 atom stereocenters. The number of hydrogen-bond donors (Lipinski definition) is 0. The van der Waals surface area contributed by atoms with Crippen LogP contribution in [0.5, 0.6) is 0 Å². The molecule has 104 valence electrons. The highest BCUT2D eigenvalue weighted by Crippen LogP contribution is 2.29. The zero-order valence-electron chi connectivity index (χ0n) is 11.0. The fraction of sp³-hybridized carbons (Fsp3) is 0.667. The van der Waals surface area contributed by atoms with Gasteiger partial charge >= 0.3 is 0 Å². The monoisotopic (exact) mass is 284 g/mol. The van der Waals surface area contributed by atoms with E-state index in [-0.39, 0.29) is 16.7 Å². The summed E-state index contributed by atoms with van der Waals surface area (Å²) in [6.07, 6.45) is 1.83. The summed E-state index contributed by atoms with van der Waals surface area (Å²) >= 11 is 6.14. The molecule has 0 saturated carbocycles. The fourth-order valence-corrected chi connectivity index (χ4v) is 3.07. The van der Waals surface area contributed by atoms with Gasteiger partial charge in [-0.3, -0.25) is 9.69 Å². The predicted octanol–water partition coefficient (Wildman–Crippen LogP) is -0.0471. The van der Waals surface area contributed by atoms with Crippen LogP contribution in [-0.2, 0) is 11.8 Å². The summed E-state index contributed by atoms with van der Waals surface area (Å²) < 4.78 is 7.04. The van der Waals surface area contributed by atoms with Crippen molar-refractivity contribution in [1.29, 1.82) is 0 Å². The van der Waals surface area contributed by atoms with Crippen LogP contribution in [0.3, 0.4) is 0 Å². The van der Waals surface area contributed by atoms with Gasteiger partial charge in [-0.05, 0) is 7.05 Å². The molecule has 2 fully saturated rings. The molecule has 3 heterocycles. The molecule has 6 nitrogen and oxygen atoms in total. The maximum absolute atomic E-state index is 11.8. The Hall–Kier alpha value is -1.11. The maximum atomic E-state index is 11.8. The van der Waals surface area contributed by atoms with Gasteiger partial charge in [0.15, 0.2) is 0 Å². The molecule has 2 aliphatic rings. The highest BCUT2D eigenvalue weighted by atomic mass is 35.5. The number of fused-ring (bicyclic) bond motifs is 1.